The van der Waals surface area contributed by atoms with Gasteiger partial charge in [0.15, 0.2) is 0 Å². The van der Waals surface area contributed by atoms with Gasteiger partial charge < -0.3 is 45.5 Å². The molecule has 0 aliphatic carbocycles. The second-order valence-electron chi connectivity index (χ2n) is 17.0. The number of aryl methyl sites for hydroxylation is 1. The highest BCUT2D eigenvalue weighted by molar-refractivity contribution is 6.34. The number of carbonyl (C=O) groups is 3. The van der Waals surface area contributed by atoms with E-state index in [-0.39, 0.29) is 50.7 Å². The maximum absolute atomic E-state index is 12.4. The zero-order valence-corrected chi connectivity index (χ0v) is 44.2. The summed E-state index contributed by atoms with van der Waals surface area (Å²) in [6, 6.07) is 43.3. The minimum atomic E-state index is -4.78. The molecule has 0 saturated heterocycles. The molecule has 0 amide bonds. The first-order chi connectivity index (χ1) is 39.0. The fraction of sp³-hybridized carbons (Fsp3) is 0.0847. The van der Waals surface area contributed by atoms with E-state index in [0.29, 0.717) is 45.4 Å². The SMILES string of the molecule is CCOc1cccc(-c2ccc(Nc3ncccc3C(=O)O)c(Cl)c2)c1.Cc1cc(Nc2ncccc2C(=O)O)ccc1-c1cccc(OC(F)(F)F)c1.O=C(O)c1cccnc1Nc1ccc(-c2cccc(OC(F)(F)F)c2)cc1Cl. The van der Waals surface area contributed by atoms with Crippen LogP contribution in [0.1, 0.15) is 43.6 Å². The average molecular weight is 1170 g/mol. The fourth-order valence-electron chi connectivity index (χ4n) is 7.75. The first-order valence-electron chi connectivity index (χ1n) is 24.1. The highest BCUT2D eigenvalue weighted by Gasteiger charge is 2.32. The van der Waals surface area contributed by atoms with E-state index < -0.39 is 30.6 Å². The zero-order chi connectivity index (χ0) is 59.1. The number of benzene rings is 6. The van der Waals surface area contributed by atoms with Gasteiger partial charge in [0.05, 0.1) is 28.0 Å². The molecular weight excluding hydrogens is 1120 g/mol. The molecule has 3 aromatic heterocycles. The molecule has 9 rings (SSSR count). The maximum Gasteiger partial charge on any atom is 0.573 e. The number of carboxylic acid groups (broad SMARTS) is 3. The van der Waals surface area contributed by atoms with Crippen molar-refractivity contribution in [2.24, 2.45) is 0 Å². The molecule has 0 bridgehead atoms. The molecule has 0 saturated carbocycles. The van der Waals surface area contributed by atoms with Gasteiger partial charge >= 0.3 is 30.6 Å². The van der Waals surface area contributed by atoms with Crippen LogP contribution in [0.3, 0.4) is 0 Å². The molecule has 0 atom stereocenters. The van der Waals surface area contributed by atoms with Crippen LogP contribution in [-0.4, -0.2) is 67.5 Å². The third kappa shape index (κ3) is 16.8. The van der Waals surface area contributed by atoms with Crippen molar-refractivity contribution < 1.29 is 70.3 Å². The molecular formula is C59H44Cl2F6N6O9. The summed E-state index contributed by atoms with van der Waals surface area (Å²) in [6.45, 7) is 4.34. The second-order valence-corrected chi connectivity index (χ2v) is 17.8. The van der Waals surface area contributed by atoms with Gasteiger partial charge in [-0.2, -0.15) is 0 Å². The van der Waals surface area contributed by atoms with Gasteiger partial charge in [0.1, 0.15) is 51.4 Å². The molecule has 6 N–H and O–H groups in total. The zero-order valence-electron chi connectivity index (χ0n) is 42.7. The number of carboxylic acids is 3. The van der Waals surface area contributed by atoms with Gasteiger partial charge in [-0.05, 0) is 162 Å². The number of nitrogens with one attached hydrogen (secondary N) is 3. The number of alkyl halides is 6. The Balaban J connectivity index is 0.000000177. The van der Waals surface area contributed by atoms with Crippen LogP contribution in [0.5, 0.6) is 17.2 Å². The first-order valence-corrected chi connectivity index (χ1v) is 24.8. The third-order valence-electron chi connectivity index (χ3n) is 11.3. The summed E-state index contributed by atoms with van der Waals surface area (Å²) in [4.78, 5) is 45.9. The summed E-state index contributed by atoms with van der Waals surface area (Å²) < 4.78 is 87.9. The summed E-state index contributed by atoms with van der Waals surface area (Å²) in [7, 11) is 0. The summed E-state index contributed by atoms with van der Waals surface area (Å²) >= 11 is 12.7. The second kappa shape index (κ2) is 26.9. The van der Waals surface area contributed by atoms with E-state index in [1.165, 1.54) is 85.3 Å². The van der Waals surface area contributed by atoms with Gasteiger partial charge in [-0.1, -0.05) is 77.8 Å². The molecule has 9 aromatic rings. The van der Waals surface area contributed by atoms with Gasteiger partial charge in [0.2, 0.25) is 0 Å². The lowest BCUT2D eigenvalue weighted by Crippen LogP contribution is -2.17. The van der Waals surface area contributed by atoms with Crippen molar-refractivity contribution in [3.63, 3.8) is 0 Å². The molecule has 3 heterocycles. The predicted molar refractivity (Wildman–Crippen MR) is 298 cm³/mol. The number of hydrogen-bond acceptors (Lipinski definition) is 12. The van der Waals surface area contributed by atoms with Crippen LogP contribution in [0.15, 0.2) is 182 Å². The van der Waals surface area contributed by atoms with E-state index in [1.807, 2.05) is 43.3 Å². The van der Waals surface area contributed by atoms with Crippen molar-refractivity contribution in [3.05, 3.63) is 215 Å². The number of halogens is 8. The first kappa shape index (κ1) is 59.8. The lowest BCUT2D eigenvalue weighted by atomic mass is 10.00. The maximum atomic E-state index is 12.4. The number of nitrogens with zero attached hydrogens (tertiary/aromatic N) is 3. The molecule has 15 nitrogen and oxygen atoms in total. The van der Waals surface area contributed by atoms with Crippen LogP contribution in [-0.2, 0) is 0 Å². The van der Waals surface area contributed by atoms with Gasteiger partial charge in [-0.15, -0.1) is 26.3 Å². The molecule has 0 fully saturated rings. The van der Waals surface area contributed by atoms with Gasteiger partial charge in [-0.25, -0.2) is 29.3 Å². The van der Waals surface area contributed by atoms with Crippen LogP contribution in [0.2, 0.25) is 10.0 Å². The van der Waals surface area contributed by atoms with Gasteiger partial charge in [-0.3, -0.25) is 0 Å². The monoisotopic (exact) mass is 1160 g/mol. The Hall–Kier alpha value is -9.86. The minimum absolute atomic E-state index is 0.0281. The number of pyridine rings is 3. The number of ether oxygens (including phenoxy) is 3. The Bertz CT molecular complexity index is 3760. The highest BCUT2D eigenvalue weighted by atomic mass is 35.5. The average Bonchev–Trinajstić information content (AvgIpc) is 3.42. The standard InChI is InChI=1S/C20H17ClN2O3.C20H15F3N2O3.C19H12ClF3N2O3/c1-2-26-15-6-3-5-13(11-15)14-8-9-18(17(21)12-14)23-19-16(20(24)25)7-4-10-22-19;1-12-10-14(25-18-17(19(26)27)6-3-9-24-18)7-8-16(12)13-4-2-5-15(11-13)28-20(21,22)23;20-15-10-12(11-3-1-4-13(9-11)28-19(21,22)23)6-7-16(15)25-17-14(18(26)27)5-2-8-24-17/h3-12H,2H2,1H3,(H,22,23)(H,24,25);2-11H,1H3,(H,24,25)(H,26,27);1-10H,(H,24,25)(H,26,27). The number of aromatic nitrogens is 3. The van der Waals surface area contributed by atoms with E-state index in [2.05, 4.69) is 40.4 Å². The van der Waals surface area contributed by atoms with E-state index in [1.54, 1.807) is 67.6 Å². The molecule has 0 aliphatic heterocycles. The molecule has 23 heteroatoms. The lowest BCUT2D eigenvalue weighted by molar-refractivity contribution is -0.275. The van der Waals surface area contributed by atoms with Gasteiger partial charge in [0.25, 0.3) is 0 Å². The normalized spacial score (nSPS) is 10.9. The smallest absolute Gasteiger partial charge is 0.494 e. The largest absolute Gasteiger partial charge is 0.573 e. The number of hydrogen-bond donors (Lipinski definition) is 6. The van der Waals surface area contributed by atoms with E-state index >= 15 is 0 Å². The molecule has 0 aliphatic rings. The predicted octanol–water partition coefficient (Wildman–Crippen LogP) is 16.4. The Morgan fingerprint density at radius 1 is 0.476 bits per heavy atom. The molecule has 0 radical (unpaired) electrons. The number of aromatic carboxylic acids is 3. The Morgan fingerprint density at radius 2 is 0.866 bits per heavy atom. The summed E-state index contributed by atoms with van der Waals surface area (Å²) in [6.07, 6.45) is -5.11. The summed E-state index contributed by atoms with van der Waals surface area (Å²) in [5.41, 5.74) is 6.67. The summed E-state index contributed by atoms with van der Waals surface area (Å²) in [5.74, 6) is -2.60. The quantitative estimate of drug-likeness (QED) is 0.0497. The molecule has 82 heavy (non-hydrogen) atoms. The van der Waals surface area contributed by atoms with Crippen molar-refractivity contribution in [1.29, 1.82) is 0 Å². The third-order valence-corrected chi connectivity index (χ3v) is 11.9. The van der Waals surface area contributed by atoms with Crippen molar-refractivity contribution >= 4 is 75.6 Å². The summed E-state index contributed by atoms with van der Waals surface area (Å²) in [5, 5.41) is 37.2. The van der Waals surface area contributed by atoms with E-state index in [0.717, 1.165) is 28.0 Å². The van der Waals surface area contributed by atoms with E-state index in [9.17, 15) is 56.0 Å². The van der Waals surface area contributed by atoms with Crippen LogP contribution >= 0.6 is 23.2 Å². The fourth-order valence-corrected chi connectivity index (χ4v) is 8.20. The van der Waals surface area contributed by atoms with Crippen LogP contribution in [0.25, 0.3) is 33.4 Å². The Labute approximate surface area is 473 Å². The van der Waals surface area contributed by atoms with Crippen molar-refractivity contribution in [3.8, 4) is 50.6 Å². The Morgan fingerprint density at radius 3 is 1.27 bits per heavy atom. The number of rotatable bonds is 16. The molecule has 420 valence electrons. The van der Waals surface area contributed by atoms with Crippen molar-refractivity contribution in [2.75, 3.05) is 22.6 Å². The molecule has 0 spiro atoms. The Kier molecular flexibility index (Phi) is 19.6. The lowest BCUT2D eigenvalue weighted by Gasteiger charge is -2.13. The van der Waals surface area contributed by atoms with Gasteiger partial charge in [0, 0.05) is 24.3 Å². The van der Waals surface area contributed by atoms with Crippen LogP contribution < -0.4 is 30.2 Å². The van der Waals surface area contributed by atoms with Crippen molar-refractivity contribution in [1.82, 2.24) is 15.0 Å². The molecule has 0 unspecified atom stereocenters. The topological polar surface area (TPSA) is 214 Å². The van der Waals surface area contributed by atoms with Crippen molar-refractivity contribution in [2.45, 2.75) is 26.6 Å². The molecule has 6 aromatic carbocycles. The van der Waals surface area contributed by atoms with Crippen LogP contribution in [0, 0.1) is 6.92 Å². The number of anilines is 6. The van der Waals surface area contributed by atoms with Crippen LogP contribution in [0.4, 0.5) is 60.9 Å². The highest BCUT2D eigenvalue weighted by Crippen LogP contribution is 2.36. The minimum Gasteiger partial charge on any atom is -0.494 e. The van der Waals surface area contributed by atoms with E-state index in [4.69, 9.17) is 27.9 Å².